The maximum absolute atomic E-state index is 13.1. The lowest BCUT2D eigenvalue weighted by molar-refractivity contribution is -0.159. The van der Waals surface area contributed by atoms with E-state index in [-0.39, 0.29) is 13.2 Å². The van der Waals surface area contributed by atoms with E-state index in [0.29, 0.717) is 23.2 Å². The Hall–Kier alpha value is -3.74. The molecule has 2 aromatic carbocycles. The number of unbranched alkanes of at least 4 members (excludes halogenated alkanes) is 22. The third-order valence-corrected chi connectivity index (χ3v) is 9.85. The second-order valence-electron chi connectivity index (χ2n) is 14.6. The van der Waals surface area contributed by atoms with Gasteiger partial charge in [-0.15, -0.1) is 0 Å². The Morgan fingerprint density at radius 3 is 1.26 bits per heavy atom. The molecule has 54 heavy (non-hydrogen) atoms. The minimum Gasteiger partial charge on any atom is -0.465 e. The van der Waals surface area contributed by atoms with Gasteiger partial charge in [0.2, 0.25) is 0 Å². The van der Waals surface area contributed by atoms with Crippen molar-refractivity contribution in [2.45, 2.75) is 168 Å². The van der Waals surface area contributed by atoms with Gasteiger partial charge in [0.15, 0.2) is 5.92 Å². The van der Waals surface area contributed by atoms with Crippen molar-refractivity contribution in [1.82, 2.24) is 0 Å². The Labute approximate surface area is 327 Å². The summed E-state index contributed by atoms with van der Waals surface area (Å²) in [5, 5.41) is 0. The fraction of sp³-hybridized carbons (Fsp3) is 0.617. The van der Waals surface area contributed by atoms with Gasteiger partial charge in [0.05, 0.1) is 18.8 Å². The number of rotatable bonds is 33. The highest BCUT2D eigenvalue weighted by Crippen LogP contribution is 2.18. The van der Waals surface area contributed by atoms with Crippen molar-refractivity contribution in [2.75, 3.05) is 13.2 Å². The highest BCUT2D eigenvalue weighted by atomic mass is 16.6. The highest BCUT2D eigenvalue weighted by Gasteiger charge is 2.27. The molecule has 0 unspecified atom stereocenters. The van der Waals surface area contributed by atoms with Gasteiger partial charge in [-0.05, 0) is 42.7 Å². The van der Waals surface area contributed by atoms with Gasteiger partial charge in [0, 0.05) is 5.56 Å². The molecule has 7 nitrogen and oxygen atoms in total. The predicted octanol–water partition coefficient (Wildman–Crippen LogP) is 12.8. The van der Waals surface area contributed by atoms with Crippen molar-refractivity contribution in [1.29, 1.82) is 0 Å². The molecule has 0 atom stereocenters. The van der Waals surface area contributed by atoms with Gasteiger partial charge in [0.1, 0.15) is 12.0 Å². The van der Waals surface area contributed by atoms with Crippen LogP contribution in [0.15, 0.2) is 54.6 Å². The van der Waals surface area contributed by atoms with Crippen LogP contribution >= 0.6 is 0 Å². The van der Waals surface area contributed by atoms with Gasteiger partial charge >= 0.3 is 17.9 Å². The average molecular weight is 747 g/mol. The summed E-state index contributed by atoms with van der Waals surface area (Å²) in [5.74, 6) is -2.55. The van der Waals surface area contributed by atoms with Crippen LogP contribution in [0.3, 0.4) is 0 Å². The summed E-state index contributed by atoms with van der Waals surface area (Å²) in [6, 6.07) is 13.0. The van der Waals surface area contributed by atoms with E-state index in [2.05, 4.69) is 13.8 Å². The lowest BCUT2D eigenvalue weighted by Gasteiger charge is -2.13. The number of carbonyl (C=O) groups excluding carboxylic acids is 4. The number of ether oxygens (including phenoxy) is 3. The predicted molar refractivity (Wildman–Crippen MR) is 220 cm³/mol. The molecule has 0 aliphatic rings. The lowest BCUT2D eigenvalue weighted by Crippen LogP contribution is -2.27. The first kappa shape index (κ1) is 46.4. The first-order valence-electron chi connectivity index (χ1n) is 21.4. The molecule has 0 fully saturated rings. The second-order valence-corrected chi connectivity index (χ2v) is 14.6. The van der Waals surface area contributed by atoms with Gasteiger partial charge in [-0.25, -0.2) is 4.79 Å². The quantitative estimate of drug-likeness (QED) is 0.0236. The Kier molecular flexibility index (Phi) is 27.2. The number of carbonyl (C=O) groups is 4. The van der Waals surface area contributed by atoms with Crippen molar-refractivity contribution in [3.63, 3.8) is 0 Å². The maximum Gasteiger partial charge on any atom is 0.343 e. The monoisotopic (exact) mass is 747 g/mol. The van der Waals surface area contributed by atoms with Crippen LogP contribution in [-0.2, 0) is 19.1 Å². The lowest BCUT2D eigenvalue weighted by atomic mass is 10.1. The zero-order valence-electron chi connectivity index (χ0n) is 33.7. The fourth-order valence-electron chi connectivity index (χ4n) is 6.38. The van der Waals surface area contributed by atoms with Crippen molar-refractivity contribution >= 4 is 30.3 Å². The summed E-state index contributed by atoms with van der Waals surface area (Å²) in [6.07, 6.45) is 33.2. The number of benzene rings is 2. The molecule has 2 rings (SSSR count). The molecular formula is C47H70O7. The topological polar surface area (TPSA) is 96.0 Å². The normalized spacial score (nSPS) is 11.2. The third kappa shape index (κ3) is 22.5. The molecule has 0 saturated heterocycles. The van der Waals surface area contributed by atoms with Crippen LogP contribution in [0.5, 0.6) is 5.75 Å². The molecule has 7 heteroatoms. The third-order valence-electron chi connectivity index (χ3n) is 9.85. The molecule has 0 saturated carbocycles. The molecule has 2 aromatic rings. The number of hydrogen-bond donors (Lipinski definition) is 0. The Morgan fingerprint density at radius 1 is 0.500 bits per heavy atom. The van der Waals surface area contributed by atoms with E-state index < -0.39 is 23.8 Å². The van der Waals surface area contributed by atoms with Crippen LogP contribution in [0.25, 0.3) is 6.08 Å². The van der Waals surface area contributed by atoms with Crippen LogP contribution in [0.1, 0.15) is 194 Å². The number of esters is 3. The van der Waals surface area contributed by atoms with Gasteiger partial charge in [0.25, 0.3) is 0 Å². The zero-order valence-corrected chi connectivity index (χ0v) is 33.7. The largest absolute Gasteiger partial charge is 0.465 e. The van der Waals surface area contributed by atoms with E-state index in [1.54, 1.807) is 42.5 Å². The van der Waals surface area contributed by atoms with Gasteiger partial charge in [-0.1, -0.05) is 192 Å². The van der Waals surface area contributed by atoms with Crippen molar-refractivity contribution in [3.8, 4) is 5.75 Å². The van der Waals surface area contributed by atoms with Crippen molar-refractivity contribution in [2.24, 2.45) is 5.92 Å². The summed E-state index contributed by atoms with van der Waals surface area (Å²) in [5.41, 5.74) is 1.52. The summed E-state index contributed by atoms with van der Waals surface area (Å²) >= 11 is 0. The highest BCUT2D eigenvalue weighted by molar-refractivity contribution is 5.97. The van der Waals surface area contributed by atoms with Crippen LogP contribution in [0.4, 0.5) is 0 Å². The average Bonchev–Trinajstić information content (AvgIpc) is 3.19. The number of hydrogen-bond acceptors (Lipinski definition) is 7. The fourth-order valence-corrected chi connectivity index (χ4v) is 6.38. The molecular weight excluding hydrogens is 677 g/mol. The molecule has 0 spiro atoms. The molecule has 0 amide bonds. The molecule has 0 N–H and O–H groups in total. The standard InChI is InChI=1S/C47H70O7/c1-3-5-7-9-11-13-15-17-19-21-23-25-37-52-46(50)44(47(51)53-38-26-24-22-20-18-16-14-12-10-8-6-4-2)36-31-40-29-34-43(35-30-40)54-45(49)42-32-27-41(39-48)28-33-42/h27-36,39,44H,3-26,37-38H2,1-2H3/b36-31+. The Balaban J connectivity index is 1.80. The molecule has 0 aliphatic carbocycles. The first-order valence-corrected chi connectivity index (χ1v) is 21.4. The van der Waals surface area contributed by atoms with Crippen molar-refractivity contribution in [3.05, 3.63) is 71.3 Å². The molecule has 0 radical (unpaired) electrons. The van der Waals surface area contributed by atoms with Crippen LogP contribution in [0, 0.1) is 5.92 Å². The zero-order chi connectivity index (χ0) is 38.9. The van der Waals surface area contributed by atoms with Gasteiger partial charge in [-0.3, -0.25) is 14.4 Å². The SMILES string of the molecule is CCCCCCCCCCCCCCOC(=O)C(/C=C/c1ccc(OC(=O)c2ccc(C=O)cc2)cc1)C(=O)OCCCCCCCCCCCCCC. The summed E-state index contributed by atoms with van der Waals surface area (Å²) in [7, 11) is 0. The Morgan fingerprint density at radius 2 is 0.870 bits per heavy atom. The summed E-state index contributed by atoms with van der Waals surface area (Å²) < 4.78 is 16.6. The maximum atomic E-state index is 13.1. The van der Waals surface area contributed by atoms with Gasteiger partial charge < -0.3 is 14.2 Å². The summed E-state index contributed by atoms with van der Waals surface area (Å²) in [6.45, 7) is 5.06. The molecule has 300 valence electrons. The van der Waals surface area contributed by atoms with Crippen molar-refractivity contribution < 1.29 is 33.4 Å². The minimum atomic E-state index is -1.16. The van der Waals surface area contributed by atoms with E-state index in [1.807, 2.05) is 0 Å². The molecule has 0 bridgehead atoms. The van der Waals surface area contributed by atoms with Crippen LogP contribution < -0.4 is 4.74 Å². The van der Waals surface area contributed by atoms with E-state index in [4.69, 9.17) is 14.2 Å². The van der Waals surface area contributed by atoms with E-state index in [1.165, 1.54) is 134 Å². The summed E-state index contributed by atoms with van der Waals surface area (Å²) in [4.78, 5) is 49.7. The molecule has 0 aromatic heterocycles. The molecule has 0 aliphatic heterocycles. The number of aldehydes is 1. The van der Waals surface area contributed by atoms with Gasteiger partial charge in [-0.2, -0.15) is 0 Å². The van der Waals surface area contributed by atoms with E-state index >= 15 is 0 Å². The van der Waals surface area contributed by atoms with Crippen LogP contribution in [-0.4, -0.2) is 37.4 Å². The Bertz CT molecular complexity index is 1260. The van der Waals surface area contributed by atoms with Crippen LogP contribution in [0.2, 0.25) is 0 Å². The first-order chi connectivity index (χ1) is 26.5. The second kappa shape index (κ2) is 31.6. The smallest absolute Gasteiger partial charge is 0.343 e. The minimum absolute atomic E-state index is 0.282. The van der Waals surface area contributed by atoms with E-state index in [9.17, 15) is 19.2 Å². The van der Waals surface area contributed by atoms with E-state index in [0.717, 1.165) is 44.1 Å². The molecule has 0 heterocycles.